The number of hydrazone groups is 1. The molecule has 0 spiro atoms. The summed E-state index contributed by atoms with van der Waals surface area (Å²) in [6, 6.07) is 5.94. The fraction of sp³-hybridized carbons (Fsp3) is 0.462. The number of hydrogen-bond donors (Lipinski definition) is 0. The van der Waals surface area contributed by atoms with Gasteiger partial charge in [0.25, 0.3) is 0 Å². The first-order valence-electron chi connectivity index (χ1n) is 5.92. The molecule has 1 aliphatic rings. The van der Waals surface area contributed by atoms with E-state index in [-0.39, 0.29) is 0 Å². The van der Waals surface area contributed by atoms with E-state index in [1.807, 2.05) is 24.4 Å². The molecule has 0 aromatic heterocycles. The standard InChI is InChI=1S/C13H17BrN2O/c1-17-13-6-5-12(14)9-11(13)10-15-16-7-3-2-4-8-16/h5-6,9-10H,2-4,7-8H2,1H3/b15-10+. The maximum absolute atomic E-state index is 5.31. The van der Waals surface area contributed by atoms with Crippen LogP contribution in [0.25, 0.3) is 0 Å². The third-order valence-electron chi connectivity index (χ3n) is 2.88. The zero-order valence-corrected chi connectivity index (χ0v) is 11.6. The van der Waals surface area contributed by atoms with Gasteiger partial charge in [0.1, 0.15) is 5.75 Å². The van der Waals surface area contributed by atoms with Crippen molar-refractivity contribution in [3.63, 3.8) is 0 Å². The predicted octanol–water partition coefficient (Wildman–Crippen LogP) is 3.28. The highest BCUT2D eigenvalue weighted by Crippen LogP contribution is 2.21. The fourth-order valence-corrected chi connectivity index (χ4v) is 2.32. The average molecular weight is 297 g/mol. The summed E-state index contributed by atoms with van der Waals surface area (Å²) in [5.41, 5.74) is 1.01. The van der Waals surface area contributed by atoms with Crippen molar-refractivity contribution < 1.29 is 4.74 Å². The lowest BCUT2D eigenvalue weighted by Gasteiger charge is -2.23. The molecular formula is C13H17BrN2O. The van der Waals surface area contributed by atoms with Crippen LogP contribution in [0.1, 0.15) is 24.8 Å². The number of benzene rings is 1. The van der Waals surface area contributed by atoms with Gasteiger partial charge in [-0.3, -0.25) is 5.01 Å². The number of nitrogens with zero attached hydrogens (tertiary/aromatic N) is 2. The third kappa shape index (κ3) is 3.46. The Morgan fingerprint density at radius 3 is 2.76 bits per heavy atom. The minimum atomic E-state index is 0.856. The van der Waals surface area contributed by atoms with Crippen molar-refractivity contribution in [3.8, 4) is 5.75 Å². The van der Waals surface area contributed by atoms with Crippen LogP contribution in [0, 0.1) is 0 Å². The lowest BCUT2D eigenvalue weighted by atomic mass is 10.2. The molecule has 0 N–H and O–H groups in total. The number of hydrogen-bond acceptors (Lipinski definition) is 3. The quantitative estimate of drug-likeness (QED) is 0.800. The number of halogens is 1. The van der Waals surface area contributed by atoms with Crippen molar-refractivity contribution in [2.75, 3.05) is 20.2 Å². The van der Waals surface area contributed by atoms with E-state index in [1.165, 1.54) is 19.3 Å². The summed E-state index contributed by atoms with van der Waals surface area (Å²) in [6.07, 6.45) is 5.70. The first kappa shape index (κ1) is 12.4. The Morgan fingerprint density at radius 2 is 2.06 bits per heavy atom. The van der Waals surface area contributed by atoms with E-state index in [4.69, 9.17) is 4.74 Å². The van der Waals surface area contributed by atoms with Crippen LogP contribution in [0.3, 0.4) is 0 Å². The second-order valence-electron chi connectivity index (χ2n) is 4.15. The van der Waals surface area contributed by atoms with Gasteiger partial charge in [-0.15, -0.1) is 0 Å². The van der Waals surface area contributed by atoms with Gasteiger partial charge in [-0.2, -0.15) is 5.10 Å². The molecule has 0 atom stereocenters. The highest BCUT2D eigenvalue weighted by Gasteiger charge is 2.07. The molecule has 0 saturated carbocycles. The second kappa shape index (κ2) is 6.05. The zero-order valence-electron chi connectivity index (χ0n) is 10.0. The SMILES string of the molecule is COc1ccc(Br)cc1/C=N/N1CCCCC1. The normalized spacial score (nSPS) is 16.5. The molecular weight excluding hydrogens is 280 g/mol. The average Bonchev–Trinajstić information content (AvgIpc) is 2.38. The molecule has 0 aliphatic carbocycles. The lowest BCUT2D eigenvalue weighted by molar-refractivity contribution is 0.240. The number of methoxy groups -OCH3 is 1. The van der Waals surface area contributed by atoms with Gasteiger partial charge in [0.2, 0.25) is 0 Å². The molecule has 0 unspecified atom stereocenters. The molecule has 1 heterocycles. The molecule has 1 fully saturated rings. The fourth-order valence-electron chi connectivity index (χ4n) is 1.94. The maximum Gasteiger partial charge on any atom is 0.127 e. The van der Waals surface area contributed by atoms with Crippen molar-refractivity contribution >= 4 is 22.1 Å². The highest BCUT2D eigenvalue weighted by atomic mass is 79.9. The Kier molecular flexibility index (Phi) is 4.42. The van der Waals surface area contributed by atoms with Crippen LogP contribution >= 0.6 is 15.9 Å². The molecule has 2 rings (SSSR count). The van der Waals surface area contributed by atoms with Gasteiger partial charge in [0.05, 0.1) is 13.3 Å². The Balaban J connectivity index is 2.10. The van der Waals surface area contributed by atoms with Crippen LogP contribution in [0.15, 0.2) is 27.8 Å². The Morgan fingerprint density at radius 1 is 1.29 bits per heavy atom. The van der Waals surface area contributed by atoms with Crippen LogP contribution in [-0.2, 0) is 0 Å². The van der Waals surface area contributed by atoms with Crippen LogP contribution in [0.5, 0.6) is 5.75 Å². The van der Waals surface area contributed by atoms with Crippen LogP contribution in [-0.4, -0.2) is 31.4 Å². The molecule has 17 heavy (non-hydrogen) atoms. The monoisotopic (exact) mass is 296 g/mol. The van der Waals surface area contributed by atoms with E-state index in [0.29, 0.717) is 0 Å². The largest absolute Gasteiger partial charge is 0.496 e. The van der Waals surface area contributed by atoms with Crippen molar-refractivity contribution in [1.82, 2.24) is 5.01 Å². The predicted molar refractivity (Wildman–Crippen MR) is 73.7 cm³/mol. The molecule has 1 saturated heterocycles. The molecule has 92 valence electrons. The molecule has 0 amide bonds. The molecule has 1 aliphatic heterocycles. The number of ether oxygens (including phenoxy) is 1. The van der Waals surface area contributed by atoms with Gasteiger partial charge >= 0.3 is 0 Å². The summed E-state index contributed by atoms with van der Waals surface area (Å²) >= 11 is 3.46. The van der Waals surface area contributed by atoms with Crippen LogP contribution < -0.4 is 4.74 Å². The van der Waals surface area contributed by atoms with E-state index >= 15 is 0 Å². The molecule has 1 aromatic carbocycles. The van der Waals surface area contributed by atoms with Gasteiger partial charge in [0, 0.05) is 23.1 Å². The molecule has 1 aromatic rings. The van der Waals surface area contributed by atoms with E-state index in [2.05, 4.69) is 26.0 Å². The summed E-state index contributed by atoms with van der Waals surface area (Å²) in [5, 5.41) is 6.64. The summed E-state index contributed by atoms with van der Waals surface area (Å²) in [6.45, 7) is 2.12. The van der Waals surface area contributed by atoms with Crippen molar-refractivity contribution in [1.29, 1.82) is 0 Å². The zero-order chi connectivity index (χ0) is 12.1. The van der Waals surface area contributed by atoms with Crippen LogP contribution in [0.2, 0.25) is 0 Å². The summed E-state index contributed by atoms with van der Waals surface area (Å²) in [7, 11) is 1.68. The second-order valence-corrected chi connectivity index (χ2v) is 5.06. The van der Waals surface area contributed by atoms with Gasteiger partial charge in [-0.05, 0) is 37.5 Å². The Labute approximate surface area is 111 Å². The van der Waals surface area contributed by atoms with E-state index in [1.54, 1.807) is 7.11 Å². The minimum Gasteiger partial charge on any atom is -0.496 e. The Bertz CT molecular complexity index is 400. The van der Waals surface area contributed by atoms with E-state index in [9.17, 15) is 0 Å². The molecule has 0 bridgehead atoms. The highest BCUT2D eigenvalue weighted by molar-refractivity contribution is 9.10. The van der Waals surface area contributed by atoms with E-state index < -0.39 is 0 Å². The van der Waals surface area contributed by atoms with Crippen LogP contribution in [0.4, 0.5) is 0 Å². The molecule has 4 heteroatoms. The summed E-state index contributed by atoms with van der Waals surface area (Å²) in [4.78, 5) is 0. The lowest BCUT2D eigenvalue weighted by Crippen LogP contribution is -2.24. The topological polar surface area (TPSA) is 24.8 Å². The first-order valence-corrected chi connectivity index (χ1v) is 6.71. The molecule has 0 radical (unpaired) electrons. The summed E-state index contributed by atoms with van der Waals surface area (Å²) < 4.78 is 6.35. The minimum absolute atomic E-state index is 0.856. The number of rotatable bonds is 3. The summed E-state index contributed by atoms with van der Waals surface area (Å²) in [5.74, 6) is 0.856. The van der Waals surface area contributed by atoms with E-state index in [0.717, 1.165) is 28.9 Å². The molecule has 3 nitrogen and oxygen atoms in total. The smallest absolute Gasteiger partial charge is 0.127 e. The Hall–Kier alpha value is -1.03. The number of piperidine rings is 1. The van der Waals surface area contributed by atoms with Crippen molar-refractivity contribution in [2.24, 2.45) is 5.10 Å². The maximum atomic E-state index is 5.31. The van der Waals surface area contributed by atoms with Gasteiger partial charge in [0.15, 0.2) is 0 Å². The van der Waals surface area contributed by atoms with Gasteiger partial charge in [-0.25, -0.2) is 0 Å². The van der Waals surface area contributed by atoms with Crippen molar-refractivity contribution in [2.45, 2.75) is 19.3 Å². The van der Waals surface area contributed by atoms with Gasteiger partial charge < -0.3 is 4.74 Å². The first-order chi connectivity index (χ1) is 8.29. The third-order valence-corrected chi connectivity index (χ3v) is 3.38. The van der Waals surface area contributed by atoms with Crippen molar-refractivity contribution in [3.05, 3.63) is 28.2 Å². The van der Waals surface area contributed by atoms with Gasteiger partial charge in [-0.1, -0.05) is 15.9 Å².